The molecule has 6 nitrogen and oxygen atoms in total. The molecule has 3 heterocycles. The molecule has 1 N–H and O–H groups in total. The third-order valence-corrected chi connectivity index (χ3v) is 7.79. The van der Waals surface area contributed by atoms with E-state index in [1.807, 2.05) is 4.90 Å². The first kappa shape index (κ1) is 23.2. The van der Waals surface area contributed by atoms with E-state index in [4.69, 9.17) is 0 Å². The second kappa shape index (κ2) is 9.24. The number of piperazine rings is 1. The van der Waals surface area contributed by atoms with Gasteiger partial charge in [-0.1, -0.05) is 12.8 Å². The molecule has 0 atom stereocenters. The molecule has 2 saturated heterocycles. The molecule has 5 rings (SSSR count). The van der Waals surface area contributed by atoms with Crippen LogP contribution in [0.15, 0.2) is 24.3 Å². The Hall–Kier alpha value is -2.55. The van der Waals surface area contributed by atoms with Crippen molar-refractivity contribution < 1.29 is 22.8 Å². The van der Waals surface area contributed by atoms with E-state index in [1.165, 1.54) is 30.6 Å². The number of amides is 2. The van der Waals surface area contributed by atoms with Crippen molar-refractivity contribution in [1.82, 2.24) is 19.7 Å². The maximum atomic E-state index is 13.1. The van der Waals surface area contributed by atoms with Crippen LogP contribution in [0.4, 0.5) is 13.2 Å². The first-order chi connectivity index (χ1) is 16.3. The van der Waals surface area contributed by atoms with E-state index >= 15 is 0 Å². The number of hydrogen-bond acceptors (Lipinski definition) is 3. The molecule has 2 amide bonds. The zero-order chi connectivity index (χ0) is 23.9. The minimum Gasteiger partial charge on any atom is -0.351 e. The zero-order valence-corrected chi connectivity index (χ0v) is 19.2. The van der Waals surface area contributed by atoms with Crippen LogP contribution in [-0.4, -0.2) is 83.0 Å². The quantitative estimate of drug-likeness (QED) is 0.719. The number of rotatable bonds is 3. The first-order valence-corrected chi connectivity index (χ1v) is 12.3. The molecular formula is C25H31F3N4O2. The molecule has 1 aromatic carbocycles. The summed E-state index contributed by atoms with van der Waals surface area (Å²) in [7, 11) is 0. The minimum absolute atomic E-state index is 0.00345. The van der Waals surface area contributed by atoms with Gasteiger partial charge in [0.15, 0.2) is 0 Å². The van der Waals surface area contributed by atoms with Crippen LogP contribution in [0.3, 0.4) is 0 Å². The molecule has 34 heavy (non-hydrogen) atoms. The number of halogens is 3. The molecule has 2 aromatic rings. The number of piperidine rings is 1. The Kier molecular flexibility index (Phi) is 6.31. The van der Waals surface area contributed by atoms with E-state index in [0.717, 1.165) is 37.1 Å². The zero-order valence-electron chi connectivity index (χ0n) is 19.2. The Morgan fingerprint density at radius 2 is 1.47 bits per heavy atom. The SMILES string of the molecule is O=C(c1ccc2[nH]c(C(=O)N3CCC(C(F)(F)F)CC3)cc2c1)N1CCN(C2CCCC2)CC1. The van der Waals surface area contributed by atoms with Gasteiger partial charge in [0, 0.05) is 61.8 Å². The number of aromatic nitrogens is 1. The summed E-state index contributed by atoms with van der Waals surface area (Å²) < 4.78 is 38.7. The average Bonchev–Trinajstić information content (AvgIpc) is 3.52. The van der Waals surface area contributed by atoms with E-state index < -0.39 is 12.1 Å². The van der Waals surface area contributed by atoms with Crippen LogP contribution in [0.25, 0.3) is 10.9 Å². The molecular weight excluding hydrogens is 445 g/mol. The number of benzene rings is 1. The van der Waals surface area contributed by atoms with Crippen molar-refractivity contribution in [2.24, 2.45) is 5.92 Å². The highest BCUT2D eigenvalue weighted by atomic mass is 19.4. The number of aromatic amines is 1. The maximum absolute atomic E-state index is 13.1. The fraction of sp³-hybridized carbons (Fsp3) is 0.600. The maximum Gasteiger partial charge on any atom is 0.391 e. The standard InChI is InChI=1S/C25H31F3N4O2/c26-25(27,28)19-7-9-31(10-8-19)24(34)22-16-18-15-17(5-6-21(18)29-22)23(33)32-13-11-30(12-14-32)20-3-1-2-4-20/h5-6,15-16,19-20,29H,1-4,7-14H2. The van der Waals surface area contributed by atoms with Gasteiger partial charge in [0.1, 0.15) is 5.69 Å². The van der Waals surface area contributed by atoms with Gasteiger partial charge in [-0.15, -0.1) is 0 Å². The summed E-state index contributed by atoms with van der Waals surface area (Å²) in [4.78, 5) is 34.9. The highest BCUT2D eigenvalue weighted by Gasteiger charge is 2.42. The van der Waals surface area contributed by atoms with Gasteiger partial charge in [0.2, 0.25) is 0 Å². The number of carbonyl (C=O) groups excluding carboxylic acids is 2. The molecule has 3 fully saturated rings. The van der Waals surface area contributed by atoms with Crippen LogP contribution in [0.2, 0.25) is 0 Å². The van der Waals surface area contributed by atoms with Crippen molar-refractivity contribution in [3.05, 3.63) is 35.5 Å². The lowest BCUT2D eigenvalue weighted by molar-refractivity contribution is -0.183. The van der Waals surface area contributed by atoms with Crippen LogP contribution < -0.4 is 0 Å². The van der Waals surface area contributed by atoms with Crippen molar-refractivity contribution in [2.75, 3.05) is 39.3 Å². The summed E-state index contributed by atoms with van der Waals surface area (Å²) in [5, 5.41) is 0.754. The lowest BCUT2D eigenvalue weighted by Crippen LogP contribution is -2.51. The number of carbonyl (C=O) groups is 2. The fourth-order valence-corrected chi connectivity index (χ4v) is 5.70. The average molecular weight is 477 g/mol. The molecule has 9 heteroatoms. The second-order valence-corrected chi connectivity index (χ2v) is 9.86. The smallest absolute Gasteiger partial charge is 0.351 e. The van der Waals surface area contributed by atoms with Crippen LogP contribution in [0.5, 0.6) is 0 Å². The molecule has 184 valence electrons. The number of nitrogens with one attached hydrogen (secondary N) is 1. The predicted molar refractivity (Wildman–Crippen MR) is 123 cm³/mol. The van der Waals surface area contributed by atoms with Crippen LogP contribution in [0.1, 0.15) is 59.4 Å². The van der Waals surface area contributed by atoms with Crippen molar-refractivity contribution in [3.8, 4) is 0 Å². The van der Waals surface area contributed by atoms with Gasteiger partial charge in [-0.25, -0.2) is 0 Å². The summed E-state index contributed by atoms with van der Waals surface area (Å²) in [6, 6.07) is 7.73. The van der Waals surface area contributed by atoms with Crippen LogP contribution in [0, 0.1) is 5.92 Å². The number of hydrogen-bond donors (Lipinski definition) is 1. The topological polar surface area (TPSA) is 59.7 Å². The summed E-state index contributed by atoms with van der Waals surface area (Å²) in [6.07, 6.45) is 0.791. The highest BCUT2D eigenvalue weighted by molar-refractivity contribution is 6.01. The second-order valence-electron chi connectivity index (χ2n) is 9.86. The van der Waals surface area contributed by atoms with Gasteiger partial charge in [0.25, 0.3) is 11.8 Å². The van der Waals surface area contributed by atoms with Crippen molar-refractivity contribution >= 4 is 22.7 Å². The number of alkyl halides is 3. The normalized spacial score (nSPS) is 21.5. The van der Waals surface area contributed by atoms with Crippen LogP contribution in [-0.2, 0) is 0 Å². The predicted octanol–water partition coefficient (Wildman–Crippen LogP) is 4.28. The molecule has 3 aliphatic rings. The number of H-pyrrole nitrogens is 1. The molecule has 0 radical (unpaired) electrons. The third kappa shape index (κ3) is 4.67. The van der Waals surface area contributed by atoms with Gasteiger partial charge in [-0.3, -0.25) is 14.5 Å². The Balaban J connectivity index is 1.22. The molecule has 1 aliphatic carbocycles. The summed E-state index contributed by atoms with van der Waals surface area (Å²) in [5.41, 5.74) is 1.66. The van der Waals surface area contributed by atoms with Crippen molar-refractivity contribution in [1.29, 1.82) is 0 Å². The third-order valence-electron chi connectivity index (χ3n) is 7.79. The lowest BCUT2D eigenvalue weighted by atomic mass is 9.96. The largest absolute Gasteiger partial charge is 0.391 e. The van der Waals surface area contributed by atoms with Crippen molar-refractivity contribution in [3.63, 3.8) is 0 Å². The fourth-order valence-electron chi connectivity index (χ4n) is 5.70. The Morgan fingerprint density at radius 3 is 2.12 bits per heavy atom. The highest BCUT2D eigenvalue weighted by Crippen LogP contribution is 2.34. The van der Waals surface area contributed by atoms with E-state index in [2.05, 4.69) is 9.88 Å². The van der Waals surface area contributed by atoms with Gasteiger partial charge in [0.05, 0.1) is 5.92 Å². The number of likely N-dealkylation sites (tertiary alicyclic amines) is 1. The summed E-state index contributed by atoms with van der Waals surface area (Å²) in [6.45, 7) is 3.44. The molecule has 2 aliphatic heterocycles. The minimum atomic E-state index is -4.21. The summed E-state index contributed by atoms with van der Waals surface area (Å²) in [5.74, 6) is -1.64. The molecule has 0 bridgehead atoms. The van der Waals surface area contributed by atoms with Gasteiger partial charge in [-0.2, -0.15) is 13.2 Å². The molecule has 0 unspecified atom stereocenters. The number of fused-ring (bicyclic) bond motifs is 1. The molecule has 1 aromatic heterocycles. The van der Waals surface area contributed by atoms with E-state index in [1.54, 1.807) is 24.3 Å². The van der Waals surface area contributed by atoms with Crippen LogP contribution >= 0.6 is 0 Å². The number of nitrogens with zero attached hydrogens (tertiary/aromatic N) is 3. The van der Waals surface area contributed by atoms with Gasteiger partial charge >= 0.3 is 6.18 Å². The van der Waals surface area contributed by atoms with E-state index in [-0.39, 0.29) is 37.7 Å². The van der Waals surface area contributed by atoms with Gasteiger partial charge < -0.3 is 14.8 Å². The lowest BCUT2D eigenvalue weighted by Gasteiger charge is -2.38. The Bertz CT molecular complexity index is 1040. The molecule has 1 saturated carbocycles. The Labute approximate surface area is 197 Å². The first-order valence-electron chi connectivity index (χ1n) is 12.3. The van der Waals surface area contributed by atoms with E-state index in [9.17, 15) is 22.8 Å². The molecule has 0 spiro atoms. The van der Waals surface area contributed by atoms with E-state index in [0.29, 0.717) is 17.3 Å². The van der Waals surface area contributed by atoms with Crippen molar-refractivity contribution in [2.45, 2.75) is 50.7 Å². The monoisotopic (exact) mass is 476 g/mol. The van der Waals surface area contributed by atoms with Gasteiger partial charge in [-0.05, 0) is 49.9 Å². The Morgan fingerprint density at radius 1 is 0.824 bits per heavy atom. The summed E-state index contributed by atoms with van der Waals surface area (Å²) >= 11 is 0.